The van der Waals surface area contributed by atoms with Gasteiger partial charge in [-0.3, -0.25) is 0 Å². The fraction of sp³-hybridized carbons (Fsp3) is 0.846. The summed E-state index contributed by atoms with van der Waals surface area (Å²) in [6, 6.07) is 0. The Bertz CT molecular complexity index is 528. The van der Waals surface area contributed by atoms with Crippen LogP contribution in [0.1, 0.15) is 114 Å². The Morgan fingerprint density at radius 2 is 1.37 bits per heavy atom. The van der Waals surface area contributed by atoms with Gasteiger partial charge in [0.05, 0.1) is 0 Å². The van der Waals surface area contributed by atoms with E-state index in [1.54, 1.807) is 22.2 Å². The minimum absolute atomic E-state index is 0.299. The third-order valence-electron chi connectivity index (χ3n) is 8.44. The molecule has 0 heterocycles. The third kappa shape index (κ3) is 5.77. The molecule has 1 heteroatoms. The van der Waals surface area contributed by atoms with Gasteiger partial charge in [0.25, 0.3) is 0 Å². The zero-order chi connectivity index (χ0) is 20.8. The van der Waals surface area contributed by atoms with E-state index < -0.39 is 0 Å². The molecular formula is C26H48B. The highest BCUT2D eigenvalue weighted by Gasteiger charge is 2.34. The van der Waals surface area contributed by atoms with E-state index in [0.29, 0.717) is 10.8 Å². The van der Waals surface area contributed by atoms with E-state index in [0.717, 1.165) is 18.2 Å². The van der Waals surface area contributed by atoms with E-state index in [-0.39, 0.29) is 0 Å². The molecule has 1 fully saturated rings. The second-order valence-electron chi connectivity index (χ2n) is 9.80. The SMILES string of the molecule is CC[B]C(=C(C)C(CCC1CC1C)=C(C)C(C)(CC)CC)C(C)(CC)CC. The van der Waals surface area contributed by atoms with Crippen LogP contribution < -0.4 is 0 Å². The average Bonchev–Trinajstić information content (AvgIpc) is 3.39. The predicted octanol–water partition coefficient (Wildman–Crippen LogP) is 8.81. The Morgan fingerprint density at radius 1 is 0.889 bits per heavy atom. The molecule has 1 aliphatic carbocycles. The number of hydrogen-bond acceptors (Lipinski definition) is 0. The van der Waals surface area contributed by atoms with Gasteiger partial charge >= 0.3 is 0 Å². The van der Waals surface area contributed by atoms with Crippen LogP contribution in [0.3, 0.4) is 0 Å². The highest BCUT2D eigenvalue weighted by atomic mass is 14.4. The largest absolute Gasteiger partial charge is 0.146 e. The lowest BCUT2D eigenvalue weighted by Gasteiger charge is -2.36. The molecule has 2 atom stereocenters. The predicted molar refractivity (Wildman–Crippen MR) is 126 cm³/mol. The lowest BCUT2D eigenvalue weighted by atomic mass is 9.53. The Balaban J connectivity index is 3.48. The minimum atomic E-state index is 0.299. The van der Waals surface area contributed by atoms with Gasteiger partial charge in [-0.05, 0) is 87.0 Å². The second-order valence-corrected chi connectivity index (χ2v) is 9.80. The zero-order valence-electron chi connectivity index (χ0n) is 20.4. The van der Waals surface area contributed by atoms with Crippen molar-refractivity contribution in [1.82, 2.24) is 0 Å². The van der Waals surface area contributed by atoms with Gasteiger partial charge in [-0.2, -0.15) is 0 Å². The molecule has 0 spiro atoms. The fourth-order valence-corrected chi connectivity index (χ4v) is 4.78. The van der Waals surface area contributed by atoms with Crippen molar-refractivity contribution in [3.63, 3.8) is 0 Å². The average molecular weight is 371 g/mol. The van der Waals surface area contributed by atoms with Crippen molar-refractivity contribution in [2.24, 2.45) is 22.7 Å². The standard InChI is InChI=1S/C26H48B/c1-11-25(9,12-2)21(8)23(17-16-22-18-19(22)6)20(7)24(27-15-5)26(10,13-3)14-4/h19,22H,11-18H2,1-10H3. The molecule has 2 unspecified atom stereocenters. The van der Waals surface area contributed by atoms with Crippen LogP contribution in [-0.4, -0.2) is 7.28 Å². The first-order valence-corrected chi connectivity index (χ1v) is 11.9. The fourth-order valence-electron chi connectivity index (χ4n) is 4.78. The third-order valence-corrected chi connectivity index (χ3v) is 8.44. The van der Waals surface area contributed by atoms with Crippen LogP contribution in [0.5, 0.6) is 0 Å². The van der Waals surface area contributed by atoms with Crippen molar-refractivity contribution in [1.29, 1.82) is 0 Å². The van der Waals surface area contributed by atoms with Crippen molar-refractivity contribution >= 4 is 7.28 Å². The molecule has 1 radical (unpaired) electrons. The highest BCUT2D eigenvalue weighted by Crippen LogP contribution is 2.46. The van der Waals surface area contributed by atoms with Crippen molar-refractivity contribution < 1.29 is 0 Å². The van der Waals surface area contributed by atoms with E-state index in [1.165, 1.54) is 44.9 Å². The molecule has 0 aromatic heterocycles. The monoisotopic (exact) mass is 371 g/mol. The molecule has 0 aliphatic heterocycles. The van der Waals surface area contributed by atoms with Gasteiger partial charge in [-0.1, -0.05) is 72.9 Å². The molecule has 27 heavy (non-hydrogen) atoms. The van der Waals surface area contributed by atoms with Gasteiger partial charge in [-0.25, -0.2) is 0 Å². The van der Waals surface area contributed by atoms with Gasteiger partial charge in [-0.15, -0.1) is 5.47 Å². The number of allylic oxidation sites excluding steroid dienone is 4. The number of hydrogen-bond donors (Lipinski definition) is 0. The summed E-state index contributed by atoms with van der Waals surface area (Å²) in [5.74, 6) is 1.93. The van der Waals surface area contributed by atoms with Crippen molar-refractivity contribution in [2.75, 3.05) is 0 Å². The highest BCUT2D eigenvalue weighted by molar-refractivity contribution is 6.46. The van der Waals surface area contributed by atoms with E-state index in [9.17, 15) is 0 Å². The normalized spacial score (nSPS) is 22.3. The quantitative estimate of drug-likeness (QED) is 0.237. The summed E-state index contributed by atoms with van der Waals surface area (Å²) in [5, 5.41) is 0. The summed E-state index contributed by atoms with van der Waals surface area (Å²) in [6.07, 6.45) is 10.1. The van der Waals surface area contributed by atoms with Crippen LogP contribution in [-0.2, 0) is 0 Å². The van der Waals surface area contributed by atoms with Crippen LogP contribution in [0.4, 0.5) is 0 Å². The summed E-state index contributed by atoms with van der Waals surface area (Å²) in [4.78, 5) is 0. The van der Waals surface area contributed by atoms with E-state index in [4.69, 9.17) is 0 Å². The van der Waals surface area contributed by atoms with Crippen LogP contribution in [0.15, 0.2) is 22.2 Å². The van der Waals surface area contributed by atoms with Crippen LogP contribution in [0, 0.1) is 22.7 Å². The lowest BCUT2D eigenvalue weighted by molar-refractivity contribution is 0.361. The van der Waals surface area contributed by atoms with Gasteiger partial charge in [0, 0.05) is 0 Å². The molecule has 0 nitrogen and oxygen atoms in total. The first-order chi connectivity index (χ1) is 12.6. The molecule has 1 aliphatic rings. The maximum Gasteiger partial charge on any atom is 0.146 e. The summed E-state index contributed by atoms with van der Waals surface area (Å²) >= 11 is 0. The van der Waals surface area contributed by atoms with Gasteiger partial charge in [0.2, 0.25) is 0 Å². The molecule has 0 N–H and O–H groups in total. The molecule has 0 bridgehead atoms. The molecular weight excluding hydrogens is 323 g/mol. The molecule has 1 rings (SSSR count). The maximum atomic E-state index is 2.53. The summed E-state index contributed by atoms with van der Waals surface area (Å²) in [6.45, 7) is 24.0. The lowest BCUT2D eigenvalue weighted by Crippen LogP contribution is -2.24. The summed E-state index contributed by atoms with van der Waals surface area (Å²) in [7, 11) is 2.53. The molecule has 1 saturated carbocycles. The molecule has 0 aromatic rings. The zero-order valence-corrected chi connectivity index (χ0v) is 20.4. The van der Waals surface area contributed by atoms with E-state index in [2.05, 4.69) is 76.5 Å². The Labute approximate surface area is 172 Å². The van der Waals surface area contributed by atoms with Crippen LogP contribution in [0.2, 0.25) is 6.32 Å². The van der Waals surface area contributed by atoms with E-state index >= 15 is 0 Å². The van der Waals surface area contributed by atoms with Gasteiger partial charge < -0.3 is 0 Å². The van der Waals surface area contributed by atoms with E-state index in [1.807, 2.05) is 0 Å². The molecule has 0 saturated heterocycles. The molecule has 0 amide bonds. The Hall–Kier alpha value is -0.455. The topological polar surface area (TPSA) is 0 Å². The summed E-state index contributed by atoms with van der Waals surface area (Å²) < 4.78 is 0. The van der Waals surface area contributed by atoms with Gasteiger partial charge in [0.15, 0.2) is 0 Å². The maximum absolute atomic E-state index is 2.53. The van der Waals surface area contributed by atoms with Crippen molar-refractivity contribution in [3.05, 3.63) is 22.2 Å². The molecule has 155 valence electrons. The second kappa shape index (κ2) is 10.4. The Morgan fingerprint density at radius 3 is 1.74 bits per heavy atom. The summed E-state index contributed by atoms with van der Waals surface area (Å²) in [5.41, 5.74) is 7.21. The van der Waals surface area contributed by atoms with Crippen molar-refractivity contribution in [2.45, 2.75) is 121 Å². The number of rotatable bonds is 12. The van der Waals surface area contributed by atoms with Crippen molar-refractivity contribution in [3.8, 4) is 0 Å². The first-order valence-electron chi connectivity index (χ1n) is 11.9. The first kappa shape index (κ1) is 24.6. The van der Waals surface area contributed by atoms with Gasteiger partial charge in [0.1, 0.15) is 7.28 Å². The minimum Gasteiger partial charge on any atom is -0.100 e. The molecule has 0 aromatic carbocycles. The Kier molecular flexibility index (Phi) is 9.43. The van der Waals surface area contributed by atoms with Crippen LogP contribution >= 0.6 is 0 Å². The smallest absolute Gasteiger partial charge is 0.100 e. The van der Waals surface area contributed by atoms with Crippen LogP contribution in [0.25, 0.3) is 0 Å².